The number of halogens is 1. The highest BCUT2D eigenvalue weighted by molar-refractivity contribution is 5.94. The summed E-state index contributed by atoms with van der Waals surface area (Å²) in [7, 11) is 0. The summed E-state index contributed by atoms with van der Waals surface area (Å²) < 4.78 is 13.9. The third kappa shape index (κ3) is 4.11. The number of benzene rings is 2. The van der Waals surface area contributed by atoms with Gasteiger partial charge in [-0.3, -0.25) is 4.79 Å². The van der Waals surface area contributed by atoms with Crippen LogP contribution in [-0.4, -0.2) is 47.0 Å². The minimum absolute atomic E-state index is 0.126. The number of amides is 1. The van der Waals surface area contributed by atoms with Gasteiger partial charge in [-0.2, -0.15) is 0 Å². The lowest BCUT2D eigenvalue weighted by Gasteiger charge is -2.35. The van der Waals surface area contributed by atoms with Gasteiger partial charge in [0, 0.05) is 43.5 Å². The average molecular weight is 390 g/mol. The van der Waals surface area contributed by atoms with Gasteiger partial charge in [-0.15, -0.1) is 0 Å². The van der Waals surface area contributed by atoms with Crippen LogP contribution >= 0.6 is 0 Å². The van der Waals surface area contributed by atoms with Crippen LogP contribution in [0.1, 0.15) is 21.6 Å². The van der Waals surface area contributed by atoms with Crippen molar-refractivity contribution >= 4 is 11.7 Å². The Morgan fingerprint density at radius 3 is 2.41 bits per heavy atom. The molecule has 0 aliphatic carbocycles. The number of hydrogen-bond acceptors (Lipinski definition) is 4. The Balaban J connectivity index is 1.50. The fourth-order valence-electron chi connectivity index (χ4n) is 3.57. The van der Waals surface area contributed by atoms with Crippen LogP contribution in [0.3, 0.4) is 0 Å². The predicted octanol–water partition coefficient (Wildman–Crippen LogP) is 3.86. The molecule has 1 fully saturated rings. The maximum Gasteiger partial charge on any atom is 0.256 e. The summed E-state index contributed by atoms with van der Waals surface area (Å²) >= 11 is 0. The van der Waals surface area contributed by atoms with E-state index in [1.165, 1.54) is 12.1 Å². The monoisotopic (exact) mass is 390 g/mol. The molecule has 1 aromatic heterocycles. The summed E-state index contributed by atoms with van der Waals surface area (Å²) in [5.41, 5.74) is 3.18. The number of carbonyl (C=O) groups is 1. The smallest absolute Gasteiger partial charge is 0.256 e. The zero-order valence-electron chi connectivity index (χ0n) is 16.6. The molecular formula is C23H23FN4O. The van der Waals surface area contributed by atoms with Crippen LogP contribution in [0.15, 0.2) is 54.6 Å². The van der Waals surface area contributed by atoms with Crippen LogP contribution in [0.25, 0.3) is 11.4 Å². The molecule has 0 N–H and O–H groups in total. The van der Waals surface area contributed by atoms with Gasteiger partial charge in [0.05, 0.1) is 5.56 Å². The van der Waals surface area contributed by atoms with Crippen LogP contribution in [0.5, 0.6) is 0 Å². The Morgan fingerprint density at radius 2 is 1.69 bits per heavy atom. The first-order valence-electron chi connectivity index (χ1n) is 9.73. The highest BCUT2D eigenvalue weighted by atomic mass is 19.1. The molecule has 0 saturated carbocycles. The fraction of sp³-hybridized carbons (Fsp3) is 0.261. The van der Waals surface area contributed by atoms with E-state index in [1.807, 2.05) is 38.1 Å². The highest BCUT2D eigenvalue weighted by Gasteiger charge is 2.25. The highest BCUT2D eigenvalue weighted by Crippen LogP contribution is 2.22. The normalized spacial score (nSPS) is 14.2. The van der Waals surface area contributed by atoms with E-state index in [0.717, 1.165) is 22.6 Å². The van der Waals surface area contributed by atoms with Crippen molar-refractivity contribution < 1.29 is 9.18 Å². The topological polar surface area (TPSA) is 49.3 Å². The number of rotatable bonds is 3. The van der Waals surface area contributed by atoms with Crippen molar-refractivity contribution in [3.63, 3.8) is 0 Å². The Labute approximate surface area is 169 Å². The maximum atomic E-state index is 13.9. The Morgan fingerprint density at radius 1 is 0.931 bits per heavy atom. The predicted molar refractivity (Wildman–Crippen MR) is 111 cm³/mol. The van der Waals surface area contributed by atoms with Crippen molar-refractivity contribution in [2.24, 2.45) is 0 Å². The Hall–Kier alpha value is -3.28. The molecule has 1 amide bonds. The van der Waals surface area contributed by atoms with Crippen molar-refractivity contribution in [3.05, 3.63) is 77.2 Å². The van der Waals surface area contributed by atoms with Gasteiger partial charge in [-0.05, 0) is 32.0 Å². The lowest BCUT2D eigenvalue weighted by atomic mass is 10.1. The van der Waals surface area contributed by atoms with Gasteiger partial charge in [0.1, 0.15) is 11.6 Å². The van der Waals surface area contributed by atoms with Crippen LogP contribution in [-0.2, 0) is 0 Å². The standard InChI is InChI=1S/C23H23FN4O/c1-16-6-5-7-18(14-16)22-25-17(2)15-21(26-22)27-10-12-28(13-11-27)23(29)19-8-3-4-9-20(19)24/h3-9,14-15H,10-13H2,1-2H3. The molecule has 3 aromatic rings. The second-order valence-electron chi connectivity index (χ2n) is 7.32. The molecule has 6 heteroatoms. The molecule has 1 saturated heterocycles. The second-order valence-corrected chi connectivity index (χ2v) is 7.32. The number of aromatic nitrogens is 2. The van der Waals surface area contributed by atoms with Gasteiger partial charge in [-0.1, -0.05) is 35.9 Å². The molecule has 0 unspecified atom stereocenters. The summed E-state index contributed by atoms with van der Waals surface area (Å²) in [5, 5.41) is 0. The Kier molecular flexibility index (Phi) is 5.25. The molecule has 0 radical (unpaired) electrons. The van der Waals surface area contributed by atoms with Gasteiger partial charge in [0.15, 0.2) is 5.82 Å². The number of aryl methyl sites for hydroxylation is 2. The molecule has 0 atom stereocenters. The Bertz CT molecular complexity index is 1040. The van der Waals surface area contributed by atoms with Gasteiger partial charge in [0.25, 0.3) is 5.91 Å². The zero-order valence-corrected chi connectivity index (χ0v) is 16.6. The van der Waals surface area contributed by atoms with E-state index in [-0.39, 0.29) is 11.5 Å². The lowest BCUT2D eigenvalue weighted by Crippen LogP contribution is -2.49. The quantitative estimate of drug-likeness (QED) is 0.681. The molecule has 4 rings (SSSR count). The van der Waals surface area contributed by atoms with Crippen LogP contribution in [0.4, 0.5) is 10.2 Å². The molecule has 1 aliphatic heterocycles. The number of nitrogens with zero attached hydrogens (tertiary/aromatic N) is 4. The first-order valence-corrected chi connectivity index (χ1v) is 9.73. The van der Waals surface area contributed by atoms with Crippen molar-refractivity contribution in [2.45, 2.75) is 13.8 Å². The van der Waals surface area contributed by atoms with Gasteiger partial charge in [0.2, 0.25) is 0 Å². The minimum atomic E-state index is -0.478. The molecular weight excluding hydrogens is 367 g/mol. The summed E-state index contributed by atoms with van der Waals surface area (Å²) in [6.07, 6.45) is 0. The molecule has 5 nitrogen and oxygen atoms in total. The van der Waals surface area contributed by atoms with E-state index < -0.39 is 5.82 Å². The van der Waals surface area contributed by atoms with E-state index in [9.17, 15) is 9.18 Å². The molecule has 29 heavy (non-hydrogen) atoms. The molecule has 1 aliphatic rings. The molecule has 148 valence electrons. The molecule has 0 bridgehead atoms. The largest absolute Gasteiger partial charge is 0.353 e. The summed E-state index contributed by atoms with van der Waals surface area (Å²) in [6, 6.07) is 16.2. The van der Waals surface area contributed by atoms with Crippen molar-refractivity contribution in [1.29, 1.82) is 0 Å². The molecule has 2 heterocycles. The first kappa shape index (κ1) is 19.1. The van der Waals surface area contributed by atoms with Gasteiger partial charge in [-0.25, -0.2) is 14.4 Å². The number of hydrogen-bond donors (Lipinski definition) is 0. The van der Waals surface area contributed by atoms with Crippen molar-refractivity contribution in [1.82, 2.24) is 14.9 Å². The number of piperazine rings is 1. The first-order chi connectivity index (χ1) is 14.0. The lowest BCUT2D eigenvalue weighted by molar-refractivity contribution is 0.0742. The van der Waals surface area contributed by atoms with Crippen LogP contribution < -0.4 is 4.90 Å². The summed E-state index contributed by atoms with van der Waals surface area (Å²) in [6.45, 7) is 6.34. The maximum absolute atomic E-state index is 13.9. The number of anilines is 1. The summed E-state index contributed by atoms with van der Waals surface area (Å²) in [4.78, 5) is 25.8. The zero-order chi connectivity index (χ0) is 20.4. The SMILES string of the molecule is Cc1cccc(-c2nc(C)cc(N3CCN(C(=O)c4ccccc4F)CC3)n2)c1. The van der Waals surface area contributed by atoms with E-state index >= 15 is 0 Å². The average Bonchev–Trinajstić information content (AvgIpc) is 2.73. The molecule has 0 spiro atoms. The van der Waals surface area contributed by atoms with E-state index in [1.54, 1.807) is 17.0 Å². The van der Waals surface area contributed by atoms with E-state index in [2.05, 4.69) is 16.0 Å². The van der Waals surface area contributed by atoms with E-state index in [4.69, 9.17) is 4.98 Å². The molecule has 2 aromatic carbocycles. The second kappa shape index (κ2) is 7.99. The third-order valence-corrected chi connectivity index (χ3v) is 5.11. The number of carbonyl (C=O) groups excluding carboxylic acids is 1. The minimum Gasteiger partial charge on any atom is -0.353 e. The van der Waals surface area contributed by atoms with Crippen LogP contribution in [0.2, 0.25) is 0 Å². The summed E-state index contributed by atoms with van der Waals surface area (Å²) in [5.74, 6) is 0.816. The van der Waals surface area contributed by atoms with Gasteiger partial charge >= 0.3 is 0 Å². The van der Waals surface area contributed by atoms with E-state index in [0.29, 0.717) is 32.0 Å². The van der Waals surface area contributed by atoms with Gasteiger partial charge < -0.3 is 9.80 Å². The van der Waals surface area contributed by atoms with Crippen LogP contribution in [0, 0.1) is 19.7 Å². The van der Waals surface area contributed by atoms with Crippen molar-refractivity contribution in [3.8, 4) is 11.4 Å². The van der Waals surface area contributed by atoms with Crippen molar-refractivity contribution in [2.75, 3.05) is 31.1 Å². The third-order valence-electron chi connectivity index (χ3n) is 5.11. The fourth-order valence-corrected chi connectivity index (χ4v) is 3.57.